The van der Waals surface area contributed by atoms with E-state index in [0.717, 1.165) is 44.8 Å². The molecule has 0 aliphatic carbocycles. The minimum atomic E-state index is -0.0269. The number of anilines is 1. The Kier molecular flexibility index (Phi) is 6.68. The van der Waals surface area contributed by atoms with Crippen LogP contribution in [-0.2, 0) is 11.2 Å². The van der Waals surface area contributed by atoms with Crippen molar-refractivity contribution in [2.75, 3.05) is 11.9 Å². The van der Waals surface area contributed by atoms with Crippen LogP contribution < -0.4 is 10.1 Å². The summed E-state index contributed by atoms with van der Waals surface area (Å²) in [7, 11) is 0. The second kappa shape index (κ2) is 9.67. The molecule has 0 radical (unpaired) electrons. The van der Waals surface area contributed by atoms with Crippen molar-refractivity contribution in [2.24, 2.45) is 0 Å². The van der Waals surface area contributed by atoms with Crippen LogP contribution in [0.2, 0.25) is 0 Å². The van der Waals surface area contributed by atoms with E-state index >= 15 is 0 Å². The average molecular weight is 457 g/mol. The zero-order chi connectivity index (χ0) is 24.4. The van der Waals surface area contributed by atoms with Gasteiger partial charge in [-0.05, 0) is 77.3 Å². The van der Waals surface area contributed by atoms with Crippen LogP contribution in [0, 0.1) is 34.6 Å². The molecular weight excluding hydrogens is 424 g/mol. The van der Waals surface area contributed by atoms with E-state index in [4.69, 9.17) is 14.8 Å². The molecule has 0 spiro atoms. The van der Waals surface area contributed by atoms with Crippen LogP contribution >= 0.6 is 0 Å². The molecule has 0 saturated carbocycles. The number of pyridine rings is 1. The van der Waals surface area contributed by atoms with Crippen LogP contribution in [0.5, 0.6) is 5.88 Å². The van der Waals surface area contributed by atoms with Crippen LogP contribution in [0.15, 0.2) is 42.5 Å². The van der Waals surface area contributed by atoms with Crippen LogP contribution in [0.4, 0.5) is 5.69 Å². The van der Waals surface area contributed by atoms with Crippen LogP contribution in [-0.4, -0.2) is 27.3 Å². The van der Waals surface area contributed by atoms with Crippen LogP contribution in [0.1, 0.15) is 46.9 Å². The monoisotopic (exact) mass is 456 g/mol. The molecule has 176 valence electrons. The first kappa shape index (κ1) is 23.5. The van der Waals surface area contributed by atoms with E-state index in [1.807, 2.05) is 56.6 Å². The fourth-order valence-corrected chi connectivity index (χ4v) is 4.35. The predicted octanol–water partition coefficient (Wildman–Crippen LogP) is 5.93. The maximum absolute atomic E-state index is 12.8. The maximum Gasteiger partial charge on any atom is 0.224 e. The van der Waals surface area contributed by atoms with E-state index in [-0.39, 0.29) is 5.91 Å². The van der Waals surface area contributed by atoms with E-state index < -0.39 is 0 Å². The van der Waals surface area contributed by atoms with Gasteiger partial charge in [-0.1, -0.05) is 35.4 Å². The van der Waals surface area contributed by atoms with Crippen molar-refractivity contribution in [1.29, 1.82) is 0 Å². The zero-order valence-electron chi connectivity index (χ0n) is 20.8. The fraction of sp³-hybridized carbons (Fsp3) is 0.321. The largest absolute Gasteiger partial charge is 0.478 e. The van der Waals surface area contributed by atoms with E-state index in [9.17, 15) is 4.79 Å². The highest BCUT2D eigenvalue weighted by Crippen LogP contribution is 2.32. The molecule has 2 aromatic carbocycles. The Hall–Kier alpha value is -3.67. The summed E-state index contributed by atoms with van der Waals surface area (Å²) in [6.45, 7) is 12.6. The second-order valence-corrected chi connectivity index (χ2v) is 8.85. The number of ether oxygens (including phenoxy) is 1. The minimum Gasteiger partial charge on any atom is -0.478 e. The SMILES string of the molecule is CCOc1nc2c(c(C)nn2-c2ccc(C)cc2)c(C)c1CCC(=O)Nc1ccc(C)cc1C. The summed E-state index contributed by atoms with van der Waals surface area (Å²) < 4.78 is 7.82. The first-order valence-electron chi connectivity index (χ1n) is 11.7. The summed E-state index contributed by atoms with van der Waals surface area (Å²) in [4.78, 5) is 17.6. The molecule has 0 bridgehead atoms. The number of hydrogen-bond acceptors (Lipinski definition) is 4. The third kappa shape index (κ3) is 4.67. The summed E-state index contributed by atoms with van der Waals surface area (Å²) in [6, 6.07) is 14.3. The summed E-state index contributed by atoms with van der Waals surface area (Å²) in [5.74, 6) is 0.543. The number of rotatable bonds is 7. The molecule has 4 rings (SSSR count). The molecule has 6 nitrogen and oxygen atoms in total. The van der Waals surface area contributed by atoms with Gasteiger partial charge in [-0.15, -0.1) is 0 Å². The molecule has 4 aromatic rings. The highest BCUT2D eigenvalue weighted by molar-refractivity contribution is 5.92. The Bertz CT molecular complexity index is 1350. The molecular formula is C28H32N4O2. The molecule has 0 fully saturated rings. The van der Waals surface area contributed by atoms with Gasteiger partial charge in [0.15, 0.2) is 5.65 Å². The van der Waals surface area contributed by atoms with E-state index in [1.54, 1.807) is 0 Å². The van der Waals surface area contributed by atoms with Crippen molar-refractivity contribution in [3.05, 3.63) is 76.0 Å². The Morgan fingerprint density at radius 3 is 2.38 bits per heavy atom. The highest BCUT2D eigenvalue weighted by atomic mass is 16.5. The van der Waals surface area contributed by atoms with Crippen LogP contribution in [0.25, 0.3) is 16.7 Å². The van der Waals surface area contributed by atoms with E-state index in [0.29, 0.717) is 25.3 Å². The molecule has 1 N–H and O–H groups in total. The third-order valence-corrected chi connectivity index (χ3v) is 6.15. The lowest BCUT2D eigenvalue weighted by Crippen LogP contribution is -2.14. The molecule has 0 unspecified atom stereocenters. The van der Waals surface area contributed by atoms with E-state index in [1.165, 1.54) is 11.1 Å². The Balaban J connectivity index is 1.66. The van der Waals surface area contributed by atoms with Gasteiger partial charge in [-0.3, -0.25) is 4.79 Å². The van der Waals surface area contributed by atoms with Gasteiger partial charge in [0.25, 0.3) is 0 Å². The van der Waals surface area contributed by atoms with Crippen molar-refractivity contribution in [3.63, 3.8) is 0 Å². The topological polar surface area (TPSA) is 69.0 Å². The number of amides is 1. The molecule has 0 saturated heterocycles. The van der Waals surface area contributed by atoms with Gasteiger partial charge < -0.3 is 10.1 Å². The molecule has 34 heavy (non-hydrogen) atoms. The molecule has 6 heteroatoms. The number of aryl methyl sites for hydroxylation is 5. The quantitative estimate of drug-likeness (QED) is 0.374. The van der Waals surface area contributed by atoms with Crippen molar-refractivity contribution in [3.8, 4) is 11.6 Å². The summed E-state index contributed by atoms with van der Waals surface area (Å²) >= 11 is 0. The second-order valence-electron chi connectivity index (χ2n) is 8.85. The number of benzene rings is 2. The lowest BCUT2D eigenvalue weighted by Gasteiger charge is -2.14. The van der Waals surface area contributed by atoms with Gasteiger partial charge in [-0.25, -0.2) is 4.68 Å². The van der Waals surface area contributed by atoms with Crippen LogP contribution in [0.3, 0.4) is 0 Å². The number of fused-ring (bicyclic) bond motifs is 1. The Labute approximate surface area is 201 Å². The summed E-state index contributed by atoms with van der Waals surface area (Å²) in [5.41, 5.74) is 8.92. The van der Waals surface area contributed by atoms with E-state index in [2.05, 4.69) is 37.4 Å². The average Bonchev–Trinajstić information content (AvgIpc) is 3.12. The van der Waals surface area contributed by atoms with Crippen molar-refractivity contribution in [1.82, 2.24) is 14.8 Å². The lowest BCUT2D eigenvalue weighted by atomic mass is 10.0. The number of aromatic nitrogens is 3. The Morgan fingerprint density at radius 1 is 1.00 bits per heavy atom. The van der Waals surface area contributed by atoms with Crippen molar-refractivity contribution >= 4 is 22.6 Å². The highest BCUT2D eigenvalue weighted by Gasteiger charge is 2.21. The minimum absolute atomic E-state index is 0.0269. The number of nitrogens with one attached hydrogen (secondary N) is 1. The maximum atomic E-state index is 12.8. The number of carbonyl (C=O) groups excluding carboxylic acids is 1. The lowest BCUT2D eigenvalue weighted by molar-refractivity contribution is -0.116. The predicted molar refractivity (Wildman–Crippen MR) is 137 cm³/mol. The molecule has 0 aliphatic heterocycles. The molecule has 2 aromatic heterocycles. The molecule has 0 atom stereocenters. The number of carbonyl (C=O) groups is 1. The van der Waals surface area contributed by atoms with Gasteiger partial charge in [0.2, 0.25) is 11.8 Å². The third-order valence-electron chi connectivity index (χ3n) is 6.15. The van der Waals surface area contributed by atoms with Gasteiger partial charge >= 0.3 is 0 Å². The van der Waals surface area contributed by atoms with Gasteiger partial charge in [0.05, 0.1) is 18.0 Å². The Morgan fingerprint density at radius 2 is 1.71 bits per heavy atom. The number of nitrogens with zero attached hydrogens (tertiary/aromatic N) is 3. The summed E-state index contributed by atoms with van der Waals surface area (Å²) in [5, 5.41) is 8.83. The molecule has 2 heterocycles. The van der Waals surface area contributed by atoms with Crippen molar-refractivity contribution < 1.29 is 9.53 Å². The van der Waals surface area contributed by atoms with Gasteiger partial charge in [-0.2, -0.15) is 10.1 Å². The fourth-order valence-electron chi connectivity index (χ4n) is 4.35. The van der Waals surface area contributed by atoms with Gasteiger partial charge in [0.1, 0.15) is 0 Å². The standard InChI is InChI=1S/C28H32N4O2/c1-7-34-28-23(13-15-25(33)29-24-14-10-18(3)16-19(24)4)20(5)26-21(6)31-32(27(26)30-28)22-11-8-17(2)9-12-22/h8-12,14,16H,7,13,15H2,1-6H3,(H,29,33). The normalized spacial score (nSPS) is 11.1. The van der Waals surface area contributed by atoms with Crippen molar-refractivity contribution in [2.45, 2.75) is 54.4 Å². The molecule has 1 amide bonds. The summed E-state index contributed by atoms with van der Waals surface area (Å²) in [6.07, 6.45) is 0.878. The zero-order valence-corrected chi connectivity index (χ0v) is 20.8. The smallest absolute Gasteiger partial charge is 0.224 e. The first-order valence-corrected chi connectivity index (χ1v) is 11.7. The van der Waals surface area contributed by atoms with Gasteiger partial charge in [0, 0.05) is 23.1 Å². The number of hydrogen-bond donors (Lipinski definition) is 1. The first-order chi connectivity index (χ1) is 16.3. The molecule has 0 aliphatic rings.